The summed E-state index contributed by atoms with van der Waals surface area (Å²) in [5.41, 5.74) is -0.508. The smallest absolute Gasteiger partial charge is 0.426 e. The van der Waals surface area contributed by atoms with E-state index in [-0.39, 0.29) is 30.4 Å². The lowest BCUT2D eigenvalue weighted by atomic mass is 10.1. The molecule has 3 rings (SSSR count). The van der Waals surface area contributed by atoms with Gasteiger partial charge in [0.05, 0.1) is 18.3 Å². The number of ether oxygens (including phenoxy) is 2. The quantitative estimate of drug-likeness (QED) is 0.359. The minimum atomic E-state index is -4.96. The fraction of sp³-hybridized carbons (Fsp3) is 0.500. The number of aromatic nitrogens is 3. The summed E-state index contributed by atoms with van der Waals surface area (Å²) in [5.74, 6) is -0.675. The zero-order valence-corrected chi connectivity index (χ0v) is 20.4. The van der Waals surface area contributed by atoms with E-state index < -0.39 is 33.5 Å². The van der Waals surface area contributed by atoms with E-state index in [4.69, 9.17) is 21.1 Å². The van der Waals surface area contributed by atoms with Crippen LogP contribution in [0.15, 0.2) is 18.5 Å². The Morgan fingerprint density at radius 3 is 2.48 bits per heavy atom. The first-order valence-corrected chi connectivity index (χ1v) is 11.7. The number of halogens is 1. The summed E-state index contributed by atoms with van der Waals surface area (Å²) in [7, 11) is -3.74. The highest BCUT2D eigenvalue weighted by Gasteiger charge is 2.57. The van der Waals surface area contributed by atoms with Crippen LogP contribution in [0.25, 0.3) is 11.3 Å². The van der Waals surface area contributed by atoms with Crippen LogP contribution in [-0.4, -0.2) is 62.1 Å². The maximum Gasteiger partial charge on any atom is 0.426 e. The van der Waals surface area contributed by atoms with Gasteiger partial charge in [0.15, 0.2) is 0 Å². The molecule has 180 valence electrons. The van der Waals surface area contributed by atoms with Gasteiger partial charge in [-0.2, -0.15) is 12.7 Å². The van der Waals surface area contributed by atoms with Crippen molar-refractivity contribution < 1.29 is 32.0 Å². The van der Waals surface area contributed by atoms with Crippen molar-refractivity contribution in [2.75, 3.05) is 7.11 Å². The number of hydrogen-bond donors (Lipinski definition) is 1. The van der Waals surface area contributed by atoms with Gasteiger partial charge in [-0.3, -0.25) is 4.55 Å². The van der Waals surface area contributed by atoms with Gasteiger partial charge in [0, 0.05) is 24.5 Å². The number of esters is 1. The molecule has 1 fully saturated rings. The van der Waals surface area contributed by atoms with E-state index in [1.54, 1.807) is 33.9 Å². The molecule has 1 saturated carbocycles. The molecule has 1 N–H and O–H groups in total. The standard InChI is InChI=1S/C20H25ClN4O7S/c1-12-9-22-17(21)23-15(12)13-8-14(16(26)31-5)24(10-13)11-20(6-7-20)25(33(28,29)30)18(27)32-19(2,3)4/h8-10H,6-7,11H2,1-5H3,(H,28,29,30). The Morgan fingerprint density at radius 2 is 1.97 bits per heavy atom. The summed E-state index contributed by atoms with van der Waals surface area (Å²) in [6.45, 7) is 6.39. The predicted octanol–water partition coefficient (Wildman–Crippen LogP) is 3.27. The Labute approximate surface area is 196 Å². The van der Waals surface area contributed by atoms with Gasteiger partial charge in [0.25, 0.3) is 0 Å². The summed E-state index contributed by atoms with van der Waals surface area (Å²) in [6, 6.07) is 1.53. The molecule has 1 aliphatic carbocycles. The van der Waals surface area contributed by atoms with Gasteiger partial charge in [0.1, 0.15) is 11.3 Å². The lowest BCUT2D eigenvalue weighted by Crippen LogP contribution is -2.50. The third-order valence-electron chi connectivity index (χ3n) is 5.02. The number of hydrogen-bond acceptors (Lipinski definition) is 8. The highest BCUT2D eigenvalue weighted by Crippen LogP contribution is 2.46. The number of carbonyl (C=O) groups excluding carboxylic acids is 2. The number of aryl methyl sites for hydroxylation is 1. The van der Waals surface area contributed by atoms with E-state index in [0.29, 0.717) is 21.1 Å². The highest BCUT2D eigenvalue weighted by atomic mass is 35.5. The second kappa shape index (κ2) is 8.58. The molecule has 0 bridgehead atoms. The van der Waals surface area contributed by atoms with Crippen LogP contribution in [0.5, 0.6) is 0 Å². The van der Waals surface area contributed by atoms with Crippen LogP contribution >= 0.6 is 11.6 Å². The van der Waals surface area contributed by atoms with E-state index >= 15 is 0 Å². The fourth-order valence-corrected chi connectivity index (χ4v) is 4.57. The normalized spacial score (nSPS) is 15.1. The van der Waals surface area contributed by atoms with Crippen LogP contribution in [0.1, 0.15) is 49.7 Å². The summed E-state index contributed by atoms with van der Waals surface area (Å²) < 4.78 is 46.1. The second-order valence-electron chi connectivity index (χ2n) is 8.85. The molecule has 0 unspecified atom stereocenters. The number of rotatable bonds is 6. The number of carbonyl (C=O) groups is 2. The van der Waals surface area contributed by atoms with Crippen LogP contribution in [-0.2, 0) is 26.3 Å². The summed E-state index contributed by atoms with van der Waals surface area (Å²) in [4.78, 5) is 33.3. The number of nitrogens with zero attached hydrogens (tertiary/aromatic N) is 4. The highest BCUT2D eigenvalue weighted by molar-refractivity contribution is 7.84. The first-order chi connectivity index (χ1) is 15.2. The molecule has 0 aromatic carbocycles. The van der Waals surface area contributed by atoms with E-state index in [1.165, 1.54) is 23.9 Å². The topological polar surface area (TPSA) is 141 Å². The van der Waals surface area contributed by atoms with E-state index in [1.807, 2.05) is 0 Å². The largest absolute Gasteiger partial charge is 0.464 e. The lowest BCUT2D eigenvalue weighted by Gasteiger charge is -2.31. The monoisotopic (exact) mass is 500 g/mol. The van der Waals surface area contributed by atoms with Crippen molar-refractivity contribution in [3.05, 3.63) is 35.0 Å². The van der Waals surface area contributed by atoms with Gasteiger partial charge in [-0.25, -0.2) is 19.6 Å². The third-order valence-corrected chi connectivity index (χ3v) is 6.20. The lowest BCUT2D eigenvalue weighted by molar-refractivity contribution is 0.0290. The van der Waals surface area contributed by atoms with Crippen molar-refractivity contribution in [1.29, 1.82) is 0 Å². The molecular formula is C20H25ClN4O7S. The van der Waals surface area contributed by atoms with Crippen LogP contribution in [0.2, 0.25) is 5.28 Å². The Hall–Kier alpha value is -2.70. The third kappa shape index (κ3) is 5.45. The Kier molecular flexibility index (Phi) is 6.48. The molecule has 0 atom stereocenters. The Balaban J connectivity index is 2.05. The summed E-state index contributed by atoms with van der Waals surface area (Å²) in [5, 5.41) is 0.0177. The maximum absolute atomic E-state index is 12.7. The zero-order chi connectivity index (χ0) is 24.8. The molecule has 13 heteroatoms. The molecule has 0 saturated heterocycles. The first kappa shape index (κ1) is 24.9. The first-order valence-electron chi connectivity index (χ1n) is 9.96. The maximum atomic E-state index is 12.7. The van der Waals surface area contributed by atoms with Crippen molar-refractivity contribution in [2.24, 2.45) is 0 Å². The molecule has 33 heavy (non-hydrogen) atoms. The van der Waals surface area contributed by atoms with E-state index in [0.717, 1.165) is 0 Å². The summed E-state index contributed by atoms with van der Waals surface area (Å²) in [6.07, 6.45) is 2.43. The number of methoxy groups -OCH3 is 1. The van der Waals surface area contributed by atoms with Crippen LogP contribution in [0, 0.1) is 6.92 Å². The molecule has 2 aromatic heterocycles. The van der Waals surface area contributed by atoms with Gasteiger partial charge in [-0.05, 0) is 63.8 Å². The van der Waals surface area contributed by atoms with Gasteiger partial charge < -0.3 is 14.0 Å². The molecule has 2 heterocycles. The molecule has 0 aliphatic heterocycles. The molecule has 0 radical (unpaired) electrons. The number of amides is 1. The van der Waals surface area contributed by atoms with Crippen LogP contribution < -0.4 is 0 Å². The van der Waals surface area contributed by atoms with Crippen molar-refractivity contribution in [3.63, 3.8) is 0 Å². The molecule has 0 spiro atoms. The minimum Gasteiger partial charge on any atom is -0.464 e. The molecule has 1 aliphatic rings. The van der Waals surface area contributed by atoms with Gasteiger partial charge in [-0.15, -0.1) is 0 Å². The zero-order valence-electron chi connectivity index (χ0n) is 18.8. The molecule has 2 aromatic rings. The van der Waals surface area contributed by atoms with Crippen molar-refractivity contribution in [2.45, 2.75) is 58.2 Å². The van der Waals surface area contributed by atoms with Crippen LogP contribution in [0.4, 0.5) is 4.79 Å². The molecule has 1 amide bonds. The average Bonchev–Trinajstić information content (AvgIpc) is 3.29. The SMILES string of the molecule is COC(=O)c1cc(-c2nc(Cl)ncc2C)cn1CC1(N(C(=O)OC(C)(C)C)S(=O)(=O)O)CC1. The van der Waals surface area contributed by atoms with Crippen molar-refractivity contribution in [1.82, 2.24) is 18.8 Å². The Bertz CT molecular complexity index is 1200. The fourth-order valence-electron chi connectivity index (χ4n) is 3.48. The molecule has 11 nitrogen and oxygen atoms in total. The van der Waals surface area contributed by atoms with E-state index in [9.17, 15) is 22.6 Å². The van der Waals surface area contributed by atoms with Gasteiger partial charge in [-0.1, -0.05) is 0 Å². The van der Waals surface area contributed by atoms with E-state index in [2.05, 4.69) is 9.97 Å². The van der Waals surface area contributed by atoms with Crippen molar-refractivity contribution in [3.8, 4) is 11.3 Å². The average molecular weight is 501 g/mol. The van der Waals surface area contributed by atoms with Crippen LogP contribution in [0.3, 0.4) is 0 Å². The van der Waals surface area contributed by atoms with Gasteiger partial charge in [0.2, 0.25) is 5.28 Å². The minimum absolute atomic E-state index is 0.0177. The Morgan fingerprint density at radius 1 is 1.33 bits per heavy atom. The second-order valence-corrected chi connectivity index (χ2v) is 10.4. The predicted molar refractivity (Wildman–Crippen MR) is 118 cm³/mol. The van der Waals surface area contributed by atoms with Crippen molar-refractivity contribution >= 4 is 34.0 Å². The summed E-state index contributed by atoms with van der Waals surface area (Å²) >= 11 is 5.93. The van der Waals surface area contributed by atoms with Gasteiger partial charge >= 0.3 is 22.4 Å². The molecular weight excluding hydrogens is 476 g/mol.